The maximum absolute atomic E-state index is 5.68. The topological polar surface area (TPSA) is 74.3 Å². The van der Waals surface area contributed by atoms with Crippen molar-refractivity contribution in [3.05, 3.63) is 35.5 Å². The molecule has 3 N–H and O–H groups in total. The van der Waals surface area contributed by atoms with Gasteiger partial charge in [0, 0.05) is 31.7 Å². The van der Waals surface area contributed by atoms with Crippen molar-refractivity contribution in [2.24, 2.45) is 0 Å². The third-order valence-corrected chi connectivity index (χ3v) is 6.64. The predicted octanol–water partition coefficient (Wildman–Crippen LogP) is 4.53. The van der Waals surface area contributed by atoms with Gasteiger partial charge in [0.25, 0.3) is 0 Å². The number of nitrogens with one attached hydrogen (secondary N) is 3. The van der Waals surface area contributed by atoms with E-state index in [1.165, 1.54) is 24.1 Å². The zero-order valence-corrected chi connectivity index (χ0v) is 20.8. The first-order chi connectivity index (χ1) is 16.0. The van der Waals surface area contributed by atoms with Gasteiger partial charge in [-0.25, -0.2) is 4.98 Å². The Morgan fingerprint density at radius 3 is 2.55 bits per heavy atom. The summed E-state index contributed by atoms with van der Waals surface area (Å²) in [4.78, 5) is 11.9. The van der Waals surface area contributed by atoms with E-state index in [9.17, 15) is 0 Å². The monoisotopic (exact) mass is 468 g/mol. The normalized spacial score (nSPS) is 19.8. The highest BCUT2D eigenvalue weighted by atomic mass is 32.1. The molecule has 8 heteroatoms. The summed E-state index contributed by atoms with van der Waals surface area (Å²) in [5.74, 6) is 2.67. The summed E-state index contributed by atoms with van der Waals surface area (Å²) < 4.78 is 5.68. The van der Waals surface area contributed by atoms with Gasteiger partial charge in [-0.1, -0.05) is 12.1 Å². The van der Waals surface area contributed by atoms with E-state index in [2.05, 4.69) is 34.9 Å². The number of hydrogen-bond donors (Lipinski definition) is 3. The number of thiocarbonyl (C=S) groups is 1. The Balaban J connectivity index is 1.30. The number of fused-ring (bicyclic) bond motifs is 1. The van der Waals surface area contributed by atoms with E-state index >= 15 is 0 Å². The first-order valence-electron chi connectivity index (χ1n) is 12.2. The third-order valence-electron chi connectivity index (χ3n) is 6.42. The van der Waals surface area contributed by atoms with Crippen LogP contribution in [0.5, 0.6) is 5.75 Å². The minimum Gasteiger partial charge on any atom is -0.492 e. The van der Waals surface area contributed by atoms with Crippen molar-refractivity contribution in [1.82, 2.24) is 15.3 Å². The molecule has 178 valence electrons. The molecular weight excluding hydrogens is 432 g/mol. The van der Waals surface area contributed by atoms with E-state index in [1.807, 2.05) is 31.2 Å². The van der Waals surface area contributed by atoms with Gasteiger partial charge in [0.15, 0.2) is 5.11 Å². The summed E-state index contributed by atoms with van der Waals surface area (Å²) in [7, 11) is 4.14. The molecule has 1 saturated carbocycles. The van der Waals surface area contributed by atoms with Crippen LogP contribution in [0.2, 0.25) is 0 Å². The van der Waals surface area contributed by atoms with Gasteiger partial charge < -0.3 is 25.6 Å². The largest absolute Gasteiger partial charge is 0.492 e. The van der Waals surface area contributed by atoms with E-state index in [0.717, 1.165) is 61.7 Å². The summed E-state index contributed by atoms with van der Waals surface area (Å²) in [6, 6.07) is 8.64. The number of ether oxygens (including phenoxy) is 1. The quantitative estimate of drug-likeness (QED) is 0.512. The molecule has 1 heterocycles. The molecule has 2 aliphatic rings. The van der Waals surface area contributed by atoms with Crippen molar-refractivity contribution in [2.45, 2.75) is 70.4 Å². The Kier molecular flexibility index (Phi) is 7.85. The molecule has 7 nitrogen and oxygen atoms in total. The molecule has 0 unspecified atom stereocenters. The lowest BCUT2D eigenvalue weighted by Gasteiger charge is -2.31. The minimum absolute atomic E-state index is 0.365. The van der Waals surface area contributed by atoms with Crippen LogP contribution in [-0.4, -0.2) is 47.9 Å². The van der Waals surface area contributed by atoms with E-state index < -0.39 is 0 Å². The molecule has 2 aromatic rings. The van der Waals surface area contributed by atoms with Crippen LogP contribution < -0.4 is 25.6 Å². The SMILES string of the molecule is CCOc1ccccc1NC(=S)NC1CCC(Nc2nc3c(c(N(C)C)n2)CCCC3)CC1. The molecule has 0 amide bonds. The summed E-state index contributed by atoms with van der Waals surface area (Å²) in [6.45, 7) is 2.61. The molecule has 1 aromatic carbocycles. The van der Waals surface area contributed by atoms with Crippen LogP contribution in [0.25, 0.3) is 0 Å². The molecular formula is C25H36N6OS. The Labute approximate surface area is 202 Å². The van der Waals surface area contributed by atoms with E-state index in [1.54, 1.807) is 0 Å². The van der Waals surface area contributed by atoms with Crippen molar-refractivity contribution in [3.63, 3.8) is 0 Å². The lowest BCUT2D eigenvalue weighted by Crippen LogP contribution is -2.42. The number of rotatable bonds is 7. The summed E-state index contributed by atoms with van der Waals surface area (Å²) in [5.41, 5.74) is 3.45. The Bertz CT molecular complexity index is 958. The fourth-order valence-electron chi connectivity index (χ4n) is 4.77. The molecule has 4 rings (SSSR count). The van der Waals surface area contributed by atoms with Crippen molar-refractivity contribution in [2.75, 3.05) is 36.2 Å². The molecule has 2 aliphatic carbocycles. The van der Waals surface area contributed by atoms with Gasteiger partial charge in [-0.2, -0.15) is 4.98 Å². The van der Waals surface area contributed by atoms with Gasteiger partial charge in [-0.3, -0.25) is 0 Å². The van der Waals surface area contributed by atoms with Crippen molar-refractivity contribution in [3.8, 4) is 5.75 Å². The third kappa shape index (κ3) is 6.05. The zero-order valence-electron chi connectivity index (χ0n) is 20.0. The van der Waals surface area contributed by atoms with Crippen LogP contribution in [0.4, 0.5) is 17.5 Å². The molecule has 33 heavy (non-hydrogen) atoms. The number of hydrogen-bond acceptors (Lipinski definition) is 6. The average molecular weight is 469 g/mol. The smallest absolute Gasteiger partial charge is 0.225 e. The molecule has 1 fully saturated rings. The molecule has 0 spiro atoms. The number of benzene rings is 1. The van der Waals surface area contributed by atoms with Gasteiger partial charge in [-0.05, 0) is 82.6 Å². The Morgan fingerprint density at radius 2 is 1.79 bits per heavy atom. The van der Waals surface area contributed by atoms with Crippen LogP contribution in [0, 0.1) is 0 Å². The van der Waals surface area contributed by atoms with E-state index in [4.69, 9.17) is 26.9 Å². The van der Waals surface area contributed by atoms with Crippen molar-refractivity contribution in [1.29, 1.82) is 0 Å². The molecule has 0 radical (unpaired) electrons. The Hall–Kier alpha value is -2.61. The molecule has 1 aromatic heterocycles. The standard InChI is InChI=1S/C25H36N6OS/c1-4-32-22-12-8-7-11-21(22)29-25(33)27-18-15-13-17(14-16-18)26-24-28-20-10-6-5-9-19(20)23(30-24)31(2)3/h7-8,11-12,17-18H,4-6,9-10,13-16H2,1-3H3,(H,26,28,30)(H2,27,29,33). The first kappa shape index (κ1) is 23.5. The van der Waals surface area contributed by atoms with Gasteiger partial charge in [0.2, 0.25) is 5.95 Å². The number of aromatic nitrogens is 2. The number of anilines is 3. The molecule has 0 bridgehead atoms. The van der Waals surface area contributed by atoms with E-state index in [0.29, 0.717) is 23.8 Å². The number of para-hydroxylation sites is 2. The van der Waals surface area contributed by atoms with Crippen LogP contribution in [0.1, 0.15) is 56.7 Å². The van der Waals surface area contributed by atoms with Crippen LogP contribution >= 0.6 is 12.2 Å². The summed E-state index contributed by atoms with van der Waals surface area (Å²) in [5, 5.41) is 11.0. The fraction of sp³-hybridized carbons (Fsp3) is 0.560. The van der Waals surface area contributed by atoms with Gasteiger partial charge in [0.1, 0.15) is 11.6 Å². The summed E-state index contributed by atoms with van der Waals surface area (Å²) >= 11 is 5.57. The van der Waals surface area contributed by atoms with Crippen LogP contribution in [0.3, 0.4) is 0 Å². The highest BCUT2D eigenvalue weighted by Gasteiger charge is 2.24. The van der Waals surface area contributed by atoms with Crippen molar-refractivity contribution < 1.29 is 4.74 Å². The lowest BCUT2D eigenvalue weighted by atomic mass is 9.91. The van der Waals surface area contributed by atoms with Gasteiger partial charge in [-0.15, -0.1) is 0 Å². The lowest BCUT2D eigenvalue weighted by molar-refractivity contribution is 0.342. The van der Waals surface area contributed by atoms with Crippen LogP contribution in [-0.2, 0) is 12.8 Å². The zero-order chi connectivity index (χ0) is 23.2. The maximum Gasteiger partial charge on any atom is 0.225 e. The second kappa shape index (κ2) is 11.0. The number of aryl methyl sites for hydroxylation is 1. The average Bonchev–Trinajstić information content (AvgIpc) is 2.81. The van der Waals surface area contributed by atoms with Crippen LogP contribution in [0.15, 0.2) is 24.3 Å². The Morgan fingerprint density at radius 1 is 1.06 bits per heavy atom. The maximum atomic E-state index is 5.68. The van der Waals surface area contributed by atoms with Gasteiger partial charge in [0.05, 0.1) is 18.0 Å². The van der Waals surface area contributed by atoms with Crippen molar-refractivity contribution >= 4 is 34.8 Å². The first-order valence-corrected chi connectivity index (χ1v) is 12.6. The number of nitrogens with zero attached hydrogens (tertiary/aromatic N) is 3. The van der Waals surface area contributed by atoms with E-state index in [-0.39, 0.29) is 0 Å². The second-order valence-corrected chi connectivity index (χ2v) is 9.53. The highest BCUT2D eigenvalue weighted by molar-refractivity contribution is 7.80. The molecule has 0 aliphatic heterocycles. The predicted molar refractivity (Wildman–Crippen MR) is 140 cm³/mol. The molecule has 0 atom stereocenters. The highest BCUT2D eigenvalue weighted by Crippen LogP contribution is 2.29. The minimum atomic E-state index is 0.365. The second-order valence-electron chi connectivity index (χ2n) is 9.12. The summed E-state index contributed by atoms with van der Waals surface area (Å²) in [6.07, 6.45) is 8.83. The van der Waals surface area contributed by atoms with Gasteiger partial charge >= 0.3 is 0 Å². The molecule has 0 saturated heterocycles. The fourth-order valence-corrected chi connectivity index (χ4v) is 5.05.